The molecule has 0 bridgehead atoms. The summed E-state index contributed by atoms with van der Waals surface area (Å²) >= 11 is 0. The Morgan fingerprint density at radius 2 is 2.05 bits per heavy atom. The first kappa shape index (κ1) is 16.6. The molecule has 0 fully saturated rings. The van der Waals surface area contributed by atoms with Gasteiger partial charge in [0, 0.05) is 13.6 Å². The summed E-state index contributed by atoms with van der Waals surface area (Å²) in [7, 11) is -2.37. The number of carbonyl (C=O) groups excluding carboxylic acids is 1. The molecule has 1 aromatic carbocycles. The molecule has 0 atom stereocenters. The fourth-order valence-corrected chi connectivity index (χ4v) is 3.05. The normalized spacial score (nSPS) is 11.7. The van der Waals surface area contributed by atoms with Gasteiger partial charge in [-0.3, -0.25) is 4.79 Å². The summed E-state index contributed by atoms with van der Waals surface area (Å²) in [5.41, 5.74) is 0.327. The number of halogens is 1. The summed E-state index contributed by atoms with van der Waals surface area (Å²) in [6.45, 7) is 3.47. The van der Waals surface area contributed by atoms with Crippen molar-refractivity contribution < 1.29 is 22.3 Å². The van der Waals surface area contributed by atoms with Gasteiger partial charge in [0.2, 0.25) is 10.0 Å². The average Bonchev–Trinajstić information content (AvgIpc) is 2.35. The highest BCUT2D eigenvalue weighted by Gasteiger charge is 2.23. The van der Waals surface area contributed by atoms with E-state index >= 15 is 0 Å². The average molecular weight is 303 g/mol. The molecule has 1 rings (SSSR count). The molecule has 7 heteroatoms. The van der Waals surface area contributed by atoms with Crippen LogP contribution in [0.15, 0.2) is 23.1 Å². The number of hydrogen-bond donors (Lipinski definition) is 0. The number of rotatable bonds is 6. The lowest BCUT2D eigenvalue weighted by molar-refractivity contribution is -0.143. The van der Waals surface area contributed by atoms with Crippen LogP contribution in [0.2, 0.25) is 0 Å². The zero-order valence-corrected chi connectivity index (χ0v) is 12.5. The molecular weight excluding hydrogens is 285 g/mol. The summed E-state index contributed by atoms with van der Waals surface area (Å²) in [6.07, 6.45) is -0.0240. The molecule has 0 aromatic heterocycles. The van der Waals surface area contributed by atoms with Crippen LogP contribution in [0.1, 0.15) is 18.9 Å². The van der Waals surface area contributed by atoms with Crippen molar-refractivity contribution in [1.29, 1.82) is 0 Å². The van der Waals surface area contributed by atoms with Crippen LogP contribution in [-0.2, 0) is 19.6 Å². The van der Waals surface area contributed by atoms with E-state index in [0.717, 1.165) is 16.4 Å². The molecule has 1 aromatic rings. The highest BCUT2D eigenvalue weighted by molar-refractivity contribution is 7.89. The van der Waals surface area contributed by atoms with Gasteiger partial charge in [-0.25, -0.2) is 17.1 Å². The molecule has 20 heavy (non-hydrogen) atoms. The molecule has 0 spiro atoms. The van der Waals surface area contributed by atoms with E-state index < -0.39 is 21.8 Å². The zero-order chi connectivity index (χ0) is 15.3. The second kappa shape index (κ2) is 6.81. The van der Waals surface area contributed by atoms with Gasteiger partial charge in [0.05, 0.1) is 17.9 Å². The molecule has 0 radical (unpaired) electrons. The number of hydrogen-bond acceptors (Lipinski definition) is 4. The number of carbonyl (C=O) groups is 1. The Kier molecular flexibility index (Phi) is 5.64. The van der Waals surface area contributed by atoms with E-state index in [1.165, 1.54) is 20.0 Å². The first-order valence-electron chi connectivity index (χ1n) is 6.17. The van der Waals surface area contributed by atoms with Gasteiger partial charge in [0.15, 0.2) is 0 Å². The lowest BCUT2D eigenvalue weighted by Crippen LogP contribution is -2.30. The van der Waals surface area contributed by atoms with Crippen LogP contribution in [0.4, 0.5) is 4.39 Å². The van der Waals surface area contributed by atoms with Crippen LogP contribution in [-0.4, -0.2) is 38.9 Å². The van der Waals surface area contributed by atoms with E-state index in [0.29, 0.717) is 5.56 Å². The molecule has 0 N–H and O–H groups in total. The molecule has 112 valence electrons. The molecule has 0 aliphatic rings. The number of benzene rings is 1. The largest absolute Gasteiger partial charge is 0.466 e. The Balaban J connectivity index is 2.85. The molecule has 0 unspecified atom stereocenters. The van der Waals surface area contributed by atoms with Gasteiger partial charge < -0.3 is 4.74 Å². The Hall–Kier alpha value is -1.47. The third-order valence-electron chi connectivity index (χ3n) is 2.76. The topological polar surface area (TPSA) is 63.7 Å². The van der Waals surface area contributed by atoms with Crippen molar-refractivity contribution in [3.63, 3.8) is 0 Å². The quantitative estimate of drug-likeness (QED) is 0.751. The first-order chi connectivity index (χ1) is 9.28. The molecule has 0 heterocycles. The fraction of sp³-hybridized carbons (Fsp3) is 0.462. The molecule has 0 aliphatic carbocycles. The van der Waals surface area contributed by atoms with Crippen molar-refractivity contribution in [2.24, 2.45) is 0 Å². The molecule has 0 amide bonds. The van der Waals surface area contributed by atoms with Crippen molar-refractivity contribution in [1.82, 2.24) is 4.31 Å². The number of sulfonamides is 1. The van der Waals surface area contributed by atoms with E-state index in [9.17, 15) is 17.6 Å². The van der Waals surface area contributed by atoms with Gasteiger partial charge in [-0.2, -0.15) is 0 Å². The number of esters is 1. The second-order valence-corrected chi connectivity index (χ2v) is 6.30. The highest BCUT2D eigenvalue weighted by Crippen LogP contribution is 2.19. The third kappa shape index (κ3) is 4.01. The minimum Gasteiger partial charge on any atom is -0.466 e. The highest BCUT2D eigenvalue weighted by atomic mass is 32.2. The summed E-state index contributed by atoms with van der Waals surface area (Å²) in [5, 5.41) is 0. The number of ether oxygens (including phenoxy) is 1. The summed E-state index contributed by atoms with van der Waals surface area (Å²) in [4.78, 5) is 11.3. The standard InChI is InChI=1S/C13H18FNO4S/c1-4-19-13(16)7-8-15(3)20(17,18)12-6-5-11(14)9-10(12)2/h5-6,9H,4,7-8H2,1-3H3. The van der Waals surface area contributed by atoms with Gasteiger partial charge in [0.1, 0.15) is 5.82 Å². The molecular formula is C13H18FNO4S. The fourth-order valence-electron chi connectivity index (χ4n) is 1.67. The van der Waals surface area contributed by atoms with Crippen molar-refractivity contribution in [3.05, 3.63) is 29.6 Å². The number of aryl methyl sites for hydroxylation is 1. The smallest absolute Gasteiger partial charge is 0.307 e. The second-order valence-electron chi connectivity index (χ2n) is 4.29. The van der Waals surface area contributed by atoms with Crippen molar-refractivity contribution in [3.8, 4) is 0 Å². The Morgan fingerprint density at radius 3 is 2.60 bits per heavy atom. The predicted molar refractivity (Wildman–Crippen MR) is 72.2 cm³/mol. The van der Waals surface area contributed by atoms with Crippen molar-refractivity contribution in [2.45, 2.75) is 25.2 Å². The van der Waals surface area contributed by atoms with Gasteiger partial charge in [0.25, 0.3) is 0 Å². The maximum absolute atomic E-state index is 13.0. The van der Waals surface area contributed by atoms with E-state index in [1.807, 2.05) is 0 Å². The van der Waals surface area contributed by atoms with Crippen LogP contribution in [0.5, 0.6) is 0 Å². The van der Waals surface area contributed by atoms with Gasteiger partial charge in [-0.1, -0.05) is 0 Å². The lowest BCUT2D eigenvalue weighted by atomic mass is 10.2. The van der Waals surface area contributed by atoms with Crippen LogP contribution in [0.25, 0.3) is 0 Å². The molecule has 0 aliphatic heterocycles. The first-order valence-corrected chi connectivity index (χ1v) is 7.61. The summed E-state index contributed by atoms with van der Waals surface area (Å²) < 4.78 is 43.4. The van der Waals surface area contributed by atoms with E-state index in [-0.39, 0.29) is 24.5 Å². The molecule has 0 saturated heterocycles. The van der Waals surface area contributed by atoms with Crippen LogP contribution in [0.3, 0.4) is 0 Å². The zero-order valence-electron chi connectivity index (χ0n) is 11.7. The van der Waals surface area contributed by atoms with Crippen LogP contribution in [0, 0.1) is 12.7 Å². The summed E-state index contributed by atoms with van der Waals surface area (Å²) in [5.74, 6) is -0.944. The maximum atomic E-state index is 13.0. The van der Waals surface area contributed by atoms with Gasteiger partial charge in [-0.05, 0) is 37.6 Å². The van der Waals surface area contributed by atoms with Crippen LogP contribution >= 0.6 is 0 Å². The molecule has 5 nitrogen and oxygen atoms in total. The van der Waals surface area contributed by atoms with Gasteiger partial charge >= 0.3 is 5.97 Å². The Bertz CT molecular complexity index is 586. The van der Waals surface area contributed by atoms with Crippen molar-refractivity contribution in [2.75, 3.05) is 20.2 Å². The SMILES string of the molecule is CCOC(=O)CCN(C)S(=O)(=O)c1ccc(F)cc1C. The maximum Gasteiger partial charge on any atom is 0.307 e. The molecule has 0 saturated carbocycles. The van der Waals surface area contributed by atoms with Crippen LogP contribution < -0.4 is 0 Å². The Labute approximate surface area is 118 Å². The minimum absolute atomic E-state index is 0.0119. The third-order valence-corrected chi connectivity index (χ3v) is 4.78. The van der Waals surface area contributed by atoms with E-state index in [4.69, 9.17) is 4.74 Å². The Morgan fingerprint density at radius 1 is 1.40 bits per heavy atom. The van der Waals surface area contributed by atoms with E-state index in [1.54, 1.807) is 6.92 Å². The van der Waals surface area contributed by atoms with E-state index in [2.05, 4.69) is 0 Å². The minimum atomic E-state index is -3.74. The number of nitrogens with zero attached hydrogens (tertiary/aromatic N) is 1. The van der Waals surface area contributed by atoms with Crippen molar-refractivity contribution >= 4 is 16.0 Å². The summed E-state index contributed by atoms with van der Waals surface area (Å²) in [6, 6.07) is 3.48. The predicted octanol–water partition coefficient (Wildman–Crippen LogP) is 1.71. The van der Waals surface area contributed by atoms with Gasteiger partial charge in [-0.15, -0.1) is 0 Å². The monoisotopic (exact) mass is 303 g/mol. The lowest BCUT2D eigenvalue weighted by Gasteiger charge is -2.18.